The molecule has 2 aromatic rings. The largest absolute Gasteiger partial charge is 0.493 e. The Labute approximate surface area is 158 Å². The van der Waals surface area contributed by atoms with E-state index in [1.54, 1.807) is 12.1 Å². The minimum atomic E-state index is 0.0903. The standard InChI is InChI=1S/C21H23NO5/c22-21(15-1-3-16(4-2-15)23-11-9-19-13-25-19)27-18-7-5-17(6-8-18)24-12-10-20-14-26-20/h1-8,19-20,22H,9-14H2. The van der Waals surface area contributed by atoms with Crippen molar-refractivity contribution in [2.75, 3.05) is 26.4 Å². The van der Waals surface area contributed by atoms with E-state index in [4.69, 9.17) is 29.1 Å². The molecule has 2 atom stereocenters. The van der Waals surface area contributed by atoms with Crippen molar-refractivity contribution >= 4 is 5.90 Å². The maximum Gasteiger partial charge on any atom is 0.219 e. The van der Waals surface area contributed by atoms with Crippen LogP contribution in [-0.2, 0) is 9.47 Å². The second-order valence-electron chi connectivity index (χ2n) is 6.61. The van der Waals surface area contributed by atoms with Crippen molar-refractivity contribution in [1.82, 2.24) is 0 Å². The molecule has 142 valence electrons. The summed E-state index contributed by atoms with van der Waals surface area (Å²) < 4.78 is 27.2. The van der Waals surface area contributed by atoms with Crippen LogP contribution in [0, 0.1) is 5.41 Å². The number of epoxide rings is 2. The number of ether oxygens (including phenoxy) is 5. The van der Waals surface area contributed by atoms with E-state index in [0.29, 0.717) is 36.7 Å². The molecule has 0 spiro atoms. The molecule has 2 aliphatic rings. The Hall–Kier alpha value is -2.57. The van der Waals surface area contributed by atoms with Crippen LogP contribution in [-0.4, -0.2) is 44.5 Å². The fraction of sp³-hybridized carbons (Fsp3) is 0.381. The first-order chi connectivity index (χ1) is 13.3. The van der Waals surface area contributed by atoms with Gasteiger partial charge in [0.2, 0.25) is 5.90 Å². The highest BCUT2D eigenvalue weighted by Gasteiger charge is 2.22. The van der Waals surface area contributed by atoms with Crippen LogP contribution in [0.25, 0.3) is 0 Å². The minimum absolute atomic E-state index is 0.0903. The van der Waals surface area contributed by atoms with Gasteiger partial charge in [-0.15, -0.1) is 0 Å². The van der Waals surface area contributed by atoms with E-state index in [1.165, 1.54) is 0 Å². The van der Waals surface area contributed by atoms with Gasteiger partial charge in [-0.25, -0.2) is 0 Å². The molecule has 2 aliphatic heterocycles. The van der Waals surface area contributed by atoms with Crippen LogP contribution in [0.4, 0.5) is 0 Å². The summed E-state index contributed by atoms with van der Waals surface area (Å²) in [5.74, 6) is 2.26. The Morgan fingerprint density at radius 1 is 0.778 bits per heavy atom. The quantitative estimate of drug-likeness (QED) is 0.394. The average molecular weight is 369 g/mol. The maximum atomic E-state index is 8.13. The van der Waals surface area contributed by atoms with Crippen molar-refractivity contribution in [1.29, 1.82) is 5.41 Å². The molecule has 0 amide bonds. The molecule has 0 aromatic heterocycles. The Kier molecular flexibility index (Phi) is 5.55. The van der Waals surface area contributed by atoms with E-state index in [2.05, 4.69) is 0 Å². The van der Waals surface area contributed by atoms with Crippen molar-refractivity contribution in [3.63, 3.8) is 0 Å². The van der Waals surface area contributed by atoms with E-state index < -0.39 is 0 Å². The van der Waals surface area contributed by atoms with Crippen molar-refractivity contribution in [2.24, 2.45) is 0 Å². The molecule has 4 rings (SSSR count). The second-order valence-corrected chi connectivity index (χ2v) is 6.61. The number of nitrogens with one attached hydrogen (secondary N) is 1. The summed E-state index contributed by atoms with van der Waals surface area (Å²) in [6, 6.07) is 14.6. The lowest BCUT2D eigenvalue weighted by molar-refractivity contribution is 0.282. The van der Waals surface area contributed by atoms with Crippen molar-refractivity contribution in [2.45, 2.75) is 25.0 Å². The number of benzene rings is 2. The second kappa shape index (κ2) is 8.41. The van der Waals surface area contributed by atoms with E-state index >= 15 is 0 Å². The molecule has 0 saturated carbocycles. The lowest BCUT2D eigenvalue weighted by Gasteiger charge is -2.10. The molecule has 0 radical (unpaired) electrons. The fourth-order valence-electron chi connectivity index (χ4n) is 2.57. The summed E-state index contributed by atoms with van der Waals surface area (Å²) in [6.45, 7) is 2.98. The van der Waals surface area contributed by atoms with Gasteiger partial charge in [0.25, 0.3) is 0 Å². The predicted molar refractivity (Wildman–Crippen MR) is 100 cm³/mol. The first-order valence-electron chi connectivity index (χ1n) is 9.22. The van der Waals surface area contributed by atoms with Crippen LogP contribution >= 0.6 is 0 Å². The summed E-state index contributed by atoms with van der Waals surface area (Å²) >= 11 is 0. The van der Waals surface area contributed by atoms with Crippen LogP contribution < -0.4 is 14.2 Å². The van der Waals surface area contributed by atoms with E-state index in [1.807, 2.05) is 36.4 Å². The molecule has 2 unspecified atom stereocenters. The summed E-state index contributed by atoms with van der Waals surface area (Å²) in [5.41, 5.74) is 0.692. The van der Waals surface area contributed by atoms with Gasteiger partial charge < -0.3 is 23.7 Å². The summed E-state index contributed by atoms with van der Waals surface area (Å²) in [6.07, 6.45) is 2.57. The Morgan fingerprint density at radius 3 is 1.70 bits per heavy atom. The van der Waals surface area contributed by atoms with Gasteiger partial charge in [-0.05, 0) is 48.5 Å². The van der Waals surface area contributed by atoms with E-state index in [-0.39, 0.29) is 5.90 Å². The van der Waals surface area contributed by atoms with Crippen molar-refractivity contribution in [3.05, 3.63) is 54.1 Å². The van der Waals surface area contributed by atoms with Gasteiger partial charge in [0.1, 0.15) is 17.2 Å². The van der Waals surface area contributed by atoms with E-state index in [9.17, 15) is 0 Å². The smallest absolute Gasteiger partial charge is 0.219 e. The zero-order chi connectivity index (χ0) is 18.5. The third kappa shape index (κ3) is 5.70. The molecule has 2 saturated heterocycles. The van der Waals surface area contributed by atoms with E-state index in [0.717, 1.165) is 37.6 Å². The Morgan fingerprint density at radius 2 is 1.22 bits per heavy atom. The molecule has 2 fully saturated rings. The molecule has 27 heavy (non-hydrogen) atoms. The first kappa shape index (κ1) is 17.8. The minimum Gasteiger partial charge on any atom is -0.493 e. The third-order valence-electron chi connectivity index (χ3n) is 4.38. The lowest BCUT2D eigenvalue weighted by Crippen LogP contribution is -2.08. The third-order valence-corrected chi connectivity index (χ3v) is 4.38. The highest BCUT2D eigenvalue weighted by Crippen LogP contribution is 2.21. The lowest BCUT2D eigenvalue weighted by atomic mass is 10.2. The van der Waals surface area contributed by atoms with Gasteiger partial charge in [0.15, 0.2) is 0 Å². The molecule has 2 aromatic carbocycles. The molecular weight excluding hydrogens is 346 g/mol. The SMILES string of the molecule is N=C(Oc1ccc(OCCC2CO2)cc1)c1ccc(OCCC2CO2)cc1. The zero-order valence-corrected chi connectivity index (χ0v) is 15.1. The first-order valence-corrected chi connectivity index (χ1v) is 9.22. The van der Waals surface area contributed by atoms with Gasteiger partial charge in [-0.3, -0.25) is 5.41 Å². The highest BCUT2D eigenvalue weighted by atomic mass is 16.6. The zero-order valence-electron chi connectivity index (χ0n) is 15.1. The van der Waals surface area contributed by atoms with Gasteiger partial charge >= 0.3 is 0 Å². The number of rotatable bonds is 10. The number of hydrogen-bond donors (Lipinski definition) is 1. The highest BCUT2D eigenvalue weighted by molar-refractivity contribution is 5.93. The van der Waals surface area contributed by atoms with Gasteiger partial charge in [0, 0.05) is 18.4 Å². The normalized spacial score (nSPS) is 20.0. The summed E-state index contributed by atoms with van der Waals surface area (Å²) in [7, 11) is 0. The van der Waals surface area contributed by atoms with Crippen LogP contribution in [0.15, 0.2) is 48.5 Å². The molecule has 0 bridgehead atoms. The predicted octanol–water partition coefficient (Wildman–Crippen LogP) is 3.43. The Balaban J connectivity index is 1.23. The maximum absolute atomic E-state index is 8.13. The molecule has 2 heterocycles. The fourth-order valence-corrected chi connectivity index (χ4v) is 2.57. The molecule has 1 N–H and O–H groups in total. The topological polar surface area (TPSA) is 76.6 Å². The number of hydrogen-bond acceptors (Lipinski definition) is 6. The van der Waals surface area contributed by atoms with Gasteiger partial charge in [0.05, 0.1) is 38.6 Å². The average Bonchev–Trinajstić information content (AvgIpc) is 3.59. The van der Waals surface area contributed by atoms with Crippen LogP contribution in [0.5, 0.6) is 17.2 Å². The molecule has 0 aliphatic carbocycles. The van der Waals surface area contributed by atoms with Crippen LogP contribution in [0.3, 0.4) is 0 Å². The van der Waals surface area contributed by atoms with Crippen LogP contribution in [0.1, 0.15) is 18.4 Å². The van der Waals surface area contributed by atoms with Gasteiger partial charge in [-0.2, -0.15) is 0 Å². The summed E-state index contributed by atoms with van der Waals surface area (Å²) in [4.78, 5) is 0. The van der Waals surface area contributed by atoms with Gasteiger partial charge in [-0.1, -0.05) is 0 Å². The molecular formula is C21H23NO5. The summed E-state index contributed by atoms with van der Waals surface area (Å²) in [5, 5.41) is 8.13. The monoisotopic (exact) mass is 369 g/mol. The van der Waals surface area contributed by atoms with Crippen LogP contribution in [0.2, 0.25) is 0 Å². The molecule has 6 heteroatoms. The molecule has 6 nitrogen and oxygen atoms in total. The van der Waals surface area contributed by atoms with Crippen molar-refractivity contribution < 1.29 is 23.7 Å². The van der Waals surface area contributed by atoms with Crippen molar-refractivity contribution in [3.8, 4) is 17.2 Å². The Bertz CT molecular complexity index is 751.